The average Bonchev–Trinajstić information content (AvgIpc) is 3.05. The molecule has 0 unspecified atom stereocenters. The predicted molar refractivity (Wildman–Crippen MR) is 91.9 cm³/mol. The van der Waals surface area contributed by atoms with Crippen LogP contribution in [-0.2, 0) is 0 Å². The SMILES string of the molecule is Clc1ccccc1Nc1nc2nonc2nc1Nc1ccccc1. The number of benzene rings is 2. The molecule has 0 amide bonds. The van der Waals surface area contributed by atoms with E-state index in [1.54, 1.807) is 6.07 Å². The van der Waals surface area contributed by atoms with E-state index in [1.807, 2.05) is 48.5 Å². The number of fused-ring (bicyclic) bond motifs is 1. The van der Waals surface area contributed by atoms with Gasteiger partial charge in [0, 0.05) is 5.69 Å². The van der Waals surface area contributed by atoms with Gasteiger partial charge in [-0.25, -0.2) is 14.6 Å². The molecule has 4 aromatic rings. The van der Waals surface area contributed by atoms with Gasteiger partial charge in [0.25, 0.3) is 0 Å². The van der Waals surface area contributed by atoms with Gasteiger partial charge in [-0.1, -0.05) is 41.9 Å². The standard InChI is InChI=1S/C16H11ClN6O/c17-11-8-4-5-9-12(11)19-14-13(18-10-6-2-1-3-7-10)20-15-16(21-14)23-24-22-15/h1-9H,(H,18,20,22)(H,19,21,23). The van der Waals surface area contributed by atoms with Crippen LogP contribution in [0.25, 0.3) is 11.3 Å². The van der Waals surface area contributed by atoms with Gasteiger partial charge in [-0.2, -0.15) is 0 Å². The number of aromatic nitrogens is 4. The van der Waals surface area contributed by atoms with Gasteiger partial charge in [0.1, 0.15) is 0 Å². The summed E-state index contributed by atoms with van der Waals surface area (Å²) in [6.07, 6.45) is 0. The fraction of sp³-hybridized carbons (Fsp3) is 0. The molecule has 0 aliphatic carbocycles. The summed E-state index contributed by atoms with van der Waals surface area (Å²) in [7, 11) is 0. The third kappa shape index (κ3) is 2.84. The second-order valence-electron chi connectivity index (χ2n) is 4.93. The number of hydrogen-bond donors (Lipinski definition) is 2. The lowest BCUT2D eigenvalue weighted by atomic mass is 10.3. The summed E-state index contributed by atoms with van der Waals surface area (Å²) in [5, 5.41) is 14.4. The van der Waals surface area contributed by atoms with Crippen molar-refractivity contribution in [3.63, 3.8) is 0 Å². The average molecular weight is 339 g/mol. The maximum absolute atomic E-state index is 6.21. The van der Waals surface area contributed by atoms with Crippen molar-refractivity contribution in [1.29, 1.82) is 0 Å². The Morgan fingerprint density at radius 2 is 1.38 bits per heavy atom. The molecule has 0 atom stereocenters. The smallest absolute Gasteiger partial charge is 0.245 e. The molecule has 2 heterocycles. The van der Waals surface area contributed by atoms with Gasteiger partial charge in [0.15, 0.2) is 11.6 Å². The Kier molecular flexibility index (Phi) is 3.68. The highest BCUT2D eigenvalue weighted by Crippen LogP contribution is 2.29. The first-order valence-corrected chi connectivity index (χ1v) is 7.51. The molecule has 2 aromatic carbocycles. The normalized spacial score (nSPS) is 10.7. The van der Waals surface area contributed by atoms with E-state index in [1.165, 1.54) is 0 Å². The highest BCUT2D eigenvalue weighted by Gasteiger charge is 2.14. The highest BCUT2D eigenvalue weighted by molar-refractivity contribution is 6.33. The summed E-state index contributed by atoms with van der Waals surface area (Å²) in [6, 6.07) is 17.0. The maximum atomic E-state index is 6.21. The van der Waals surface area contributed by atoms with E-state index in [4.69, 9.17) is 16.2 Å². The first-order valence-electron chi connectivity index (χ1n) is 7.13. The minimum Gasteiger partial charge on any atom is -0.337 e. The van der Waals surface area contributed by atoms with Crippen molar-refractivity contribution >= 4 is 45.9 Å². The van der Waals surface area contributed by atoms with Crippen molar-refractivity contribution < 1.29 is 4.63 Å². The van der Waals surface area contributed by atoms with Crippen LogP contribution in [0.1, 0.15) is 0 Å². The largest absolute Gasteiger partial charge is 0.337 e. The summed E-state index contributed by atoms with van der Waals surface area (Å²) >= 11 is 6.21. The van der Waals surface area contributed by atoms with Gasteiger partial charge in [-0.15, -0.1) is 0 Å². The third-order valence-electron chi connectivity index (χ3n) is 3.28. The highest BCUT2D eigenvalue weighted by atomic mass is 35.5. The number of nitrogens with one attached hydrogen (secondary N) is 2. The van der Waals surface area contributed by atoms with Crippen LogP contribution in [0.2, 0.25) is 5.02 Å². The van der Waals surface area contributed by atoms with Crippen molar-refractivity contribution in [2.24, 2.45) is 0 Å². The first-order chi connectivity index (χ1) is 11.8. The fourth-order valence-electron chi connectivity index (χ4n) is 2.16. The van der Waals surface area contributed by atoms with Crippen LogP contribution in [0.5, 0.6) is 0 Å². The molecule has 0 bridgehead atoms. The summed E-state index contributed by atoms with van der Waals surface area (Å²) in [6.45, 7) is 0. The Balaban J connectivity index is 1.77. The van der Waals surface area contributed by atoms with Crippen LogP contribution in [0.15, 0.2) is 59.2 Å². The van der Waals surface area contributed by atoms with Crippen molar-refractivity contribution in [2.45, 2.75) is 0 Å². The zero-order valence-electron chi connectivity index (χ0n) is 12.3. The van der Waals surface area contributed by atoms with Crippen molar-refractivity contribution in [2.75, 3.05) is 10.6 Å². The summed E-state index contributed by atoms with van der Waals surface area (Å²) in [5.74, 6) is 0.958. The molecule has 118 valence electrons. The maximum Gasteiger partial charge on any atom is 0.245 e. The lowest BCUT2D eigenvalue weighted by molar-refractivity contribution is 0.314. The molecule has 0 radical (unpaired) electrons. The van der Waals surface area contributed by atoms with Crippen molar-refractivity contribution in [1.82, 2.24) is 20.3 Å². The van der Waals surface area contributed by atoms with Crippen LogP contribution in [-0.4, -0.2) is 20.3 Å². The minimum absolute atomic E-state index is 0.308. The van der Waals surface area contributed by atoms with Gasteiger partial charge in [0.05, 0.1) is 10.7 Å². The van der Waals surface area contributed by atoms with E-state index in [0.29, 0.717) is 33.6 Å². The number of hydrogen-bond acceptors (Lipinski definition) is 7. The van der Waals surface area contributed by atoms with E-state index in [9.17, 15) is 0 Å². The molecule has 7 nitrogen and oxygen atoms in total. The van der Waals surface area contributed by atoms with Gasteiger partial charge < -0.3 is 10.6 Å². The predicted octanol–water partition coefficient (Wildman–Crippen LogP) is 4.15. The molecule has 2 aromatic heterocycles. The van der Waals surface area contributed by atoms with Crippen LogP contribution < -0.4 is 10.6 Å². The van der Waals surface area contributed by atoms with Crippen LogP contribution >= 0.6 is 11.6 Å². The van der Waals surface area contributed by atoms with Crippen molar-refractivity contribution in [3.05, 3.63) is 59.6 Å². The molecule has 0 saturated carbocycles. The zero-order valence-corrected chi connectivity index (χ0v) is 13.0. The summed E-state index contributed by atoms with van der Waals surface area (Å²) < 4.78 is 4.69. The molecule has 8 heteroatoms. The summed E-state index contributed by atoms with van der Waals surface area (Å²) in [5.41, 5.74) is 2.20. The molecular weight excluding hydrogens is 328 g/mol. The van der Waals surface area contributed by atoms with Gasteiger partial charge in [-0.3, -0.25) is 0 Å². The second-order valence-corrected chi connectivity index (χ2v) is 5.34. The molecule has 0 fully saturated rings. The summed E-state index contributed by atoms with van der Waals surface area (Å²) in [4.78, 5) is 8.82. The first kappa shape index (κ1) is 14.4. The number of halogens is 1. The molecule has 4 rings (SSSR count). The van der Waals surface area contributed by atoms with Gasteiger partial charge in [-0.05, 0) is 34.6 Å². The van der Waals surface area contributed by atoms with Crippen LogP contribution in [0.4, 0.5) is 23.0 Å². The molecule has 0 aliphatic heterocycles. The third-order valence-corrected chi connectivity index (χ3v) is 3.61. The van der Waals surface area contributed by atoms with Crippen LogP contribution in [0, 0.1) is 0 Å². The Morgan fingerprint density at radius 1 is 0.750 bits per heavy atom. The Bertz CT molecular complexity index is 988. The zero-order chi connectivity index (χ0) is 16.4. The number of anilines is 4. The van der Waals surface area contributed by atoms with Crippen LogP contribution in [0.3, 0.4) is 0 Å². The lowest BCUT2D eigenvalue weighted by Gasteiger charge is -2.12. The van der Waals surface area contributed by atoms with Gasteiger partial charge >= 0.3 is 0 Å². The lowest BCUT2D eigenvalue weighted by Crippen LogP contribution is -2.03. The fourth-order valence-corrected chi connectivity index (χ4v) is 2.34. The van der Waals surface area contributed by atoms with E-state index < -0.39 is 0 Å². The van der Waals surface area contributed by atoms with E-state index in [0.717, 1.165) is 5.69 Å². The molecule has 0 saturated heterocycles. The molecule has 24 heavy (non-hydrogen) atoms. The van der Waals surface area contributed by atoms with E-state index in [2.05, 4.69) is 30.9 Å². The molecular formula is C16H11ClN6O. The Morgan fingerprint density at radius 3 is 2.08 bits per heavy atom. The van der Waals surface area contributed by atoms with E-state index >= 15 is 0 Å². The molecule has 2 N–H and O–H groups in total. The van der Waals surface area contributed by atoms with Crippen molar-refractivity contribution in [3.8, 4) is 0 Å². The second kappa shape index (κ2) is 6.13. The quantitative estimate of drug-likeness (QED) is 0.577. The number of para-hydroxylation sites is 2. The van der Waals surface area contributed by atoms with Gasteiger partial charge in [0.2, 0.25) is 11.3 Å². The molecule has 0 aliphatic rings. The Labute approximate surface area is 141 Å². The minimum atomic E-state index is 0.308. The Hall–Kier alpha value is -3.19. The topological polar surface area (TPSA) is 88.8 Å². The van der Waals surface area contributed by atoms with E-state index in [-0.39, 0.29) is 0 Å². The molecule has 0 spiro atoms. The number of rotatable bonds is 4. The monoisotopic (exact) mass is 338 g/mol. The number of nitrogens with zero attached hydrogens (tertiary/aromatic N) is 4.